The maximum Gasteiger partial charge on any atom is 0.247 e. The number of rotatable bonds is 8. The van der Waals surface area contributed by atoms with Crippen molar-refractivity contribution in [3.63, 3.8) is 0 Å². The third kappa shape index (κ3) is 5.02. The molecule has 2 rings (SSSR count). The Morgan fingerprint density at radius 2 is 1.81 bits per heavy atom. The summed E-state index contributed by atoms with van der Waals surface area (Å²) in [6.07, 6.45) is 1.85. The molecule has 2 amide bonds. The van der Waals surface area contributed by atoms with Crippen molar-refractivity contribution in [1.29, 1.82) is 0 Å². The van der Waals surface area contributed by atoms with Crippen molar-refractivity contribution in [1.82, 2.24) is 10.2 Å². The summed E-state index contributed by atoms with van der Waals surface area (Å²) in [5.41, 5.74) is 1.48. The van der Waals surface area contributed by atoms with Crippen LogP contribution in [0.4, 0.5) is 4.39 Å². The average molecular weight is 354 g/mol. The Kier molecular flexibility index (Phi) is 7.09. The minimum Gasteiger partial charge on any atom is -0.351 e. The van der Waals surface area contributed by atoms with Gasteiger partial charge in [0.15, 0.2) is 0 Å². The molecule has 0 unspecified atom stereocenters. The maximum absolute atomic E-state index is 13.2. The molecule has 0 fully saturated rings. The summed E-state index contributed by atoms with van der Waals surface area (Å²) in [6.45, 7) is 5.89. The highest BCUT2D eigenvalue weighted by Crippen LogP contribution is 2.24. The second-order valence-corrected chi connectivity index (χ2v) is 5.85. The number of benzene rings is 2. The SMILES string of the molecule is C=CCNC(=O)[C@H](c1ccccc1)N(Cc1ccc(F)cc1)C(=O)CC. The normalized spacial score (nSPS) is 11.5. The molecule has 0 heterocycles. The van der Waals surface area contributed by atoms with Gasteiger partial charge < -0.3 is 10.2 Å². The molecule has 1 N–H and O–H groups in total. The molecular formula is C21H23FN2O2. The zero-order chi connectivity index (χ0) is 18.9. The van der Waals surface area contributed by atoms with E-state index in [0.717, 1.165) is 11.1 Å². The van der Waals surface area contributed by atoms with Crippen LogP contribution in [0.2, 0.25) is 0 Å². The van der Waals surface area contributed by atoms with E-state index in [1.165, 1.54) is 17.0 Å². The highest BCUT2D eigenvalue weighted by Gasteiger charge is 2.30. The molecular weight excluding hydrogens is 331 g/mol. The lowest BCUT2D eigenvalue weighted by atomic mass is 10.0. The lowest BCUT2D eigenvalue weighted by molar-refractivity contribution is -0.141. The molecule has 2 aromatic rings. The Morgan fingerprint density at radius 1 is 1.15 bits per heavy atom. The van der Waals surface area contributed by atoms with Crippen molar-refractivity contribution >= 4 is 11.8 Å². The number of carbonyl (C=O) groups is 2. The van der Waals surface area contributed by atoms with E-state index in [1.54, 1.807) is 25.1 Å². The molecule has 26 heavy (non-hydrogen) atoms. The fourth-order valence-corrected chi connectivity index (χ4v) is 2.69. The Hall–Kier alpha value is -2.95. The van der Waals surface area contributed by atoms with Crippen LogP contribution in [0.1, 0.15) is 30.5 Å². The van der Waals surface area contributed by atoms with Crippen LogP contribution in [0.25, 0.3) is 0 Å². The van der Waals surface area contributed by atoms with Crippen molar-refractivity contribution in [2.75, 3.05) is 6.54 Å². The van der Waals surface area contributed by atoms with E-state index in [2.05, 4.69) is 11.9 Å². The number of carbonyl (C=O) groups excluding carboxylic acids is 2. The molecule has 0 aromatic heterocycles. The molecule has 0 saturated carbocycles. The summed E-state index contributed by atoms with van der Waals surface area (Å²) in [6, 6.07) is 14.3. The average Bonchev–Trinajstić information content (AvgIpc) is 2.67. The van der Waals surface area contributed by atoms with E-state index >= 15 is 0 Å². The molecule has 0 spiro atoms. The van der Waals surface area contributed by atoms with Gasteiger partial charge in [0.25, 0.3) is 0 Å². The number of hydrogen-bond acceptors (Lipinski definition) is 2. The molecule has 0 saturated heterocycles. The number of hydrogen-bond donors (Lipinski definition) is 1. The van der Waals surface area contributed by atoms with Crippen molar-refractivity contribution in [2.45, 2.75) is 25.9 Å². The highest BCUT2D eigenvalue weighted by molar-refractivity contribution is 5.88. The van der Waals surface area contributed by atoms with Gasteiger partial charge in [-0.05, 0) is 23.3 Å². The second-order valence-electron chi connectivity index (χ2n) is 5.85. The number of halogens is 1. The van der Waals surface area contributed by atoms with E-state index in [-0.39, 0.29) is 30.6 Å². The Labute approximate surface area is 153 Å². The molecule has 0 bridgehead atoms. The van der Waals surface area contributed by atoms with Gasteiger partial charge in [0.05, 0.1) is 0 Å². The zero-order valence-electron chi connectivity index (χ0n) is 14.8. The summed E-state index contributed by atoms with van der Waals surface area (Å²) in [7, 11) is 0. The first kappa shape index (κ1) is 19.4. The van der Waals surface area contributed by atoms with Gasteiger partial charge in [-0.25, -0.2) is 4.39 Å². The largest absolute Gasteiger partial charge is 0.351 e. The van der Waals surface area contributed by atoms with Crippen LogP contribution in [-0.2, 0) is 16.1 Å². The molecule has 4 nitrogen and oxygen atoms in total. The van der Waals surface area contributed by atoms with Crippen molar-refractivity contribution in [2.24, 2.45) is 0 Å². The van der Waals surface area contributed by atoms with Crippen LogP contribution >= 0.6 is 0 Å². The predicted octanol–water partition coefficient (Wildman–Crippen LogP) is 3.61. The minimum absolute atomic E-state index is 0.156. The smallest absolute Gasteiger partial charge is 0.247 e. The summed E-state index contributed by atoms with van der Waals surface area (Å²) >= 11 is 0. The van der Waals surface area contributed by atoms with E-state index < -0.39 is 6.04 Å². The van der Waals surface area contributed by atoms with E-state index in [4.69, 9.17) is 0 Å². The molecule has 136 valence electrons. The van der Waals surface area contributed by atoms with Gasteiger partial charge in [0.1, 0.15) is 11.9 Å². The van der Waals surface area contributed by atoms with Gasteiger partial charge in [-0.2, -0.15) is 0 Å². The summed E-state index contributed by atoms with van der Waals surface area (Å²) < 4.78 is 13.2. The Balaban J connectivity index is 2.39. The van der Waals surface area contributed by atoms with Crippen LogP contribution in [0, 0.1) is 5.82 Å². The van der Waals surface area contributed by atoms with E-state index in [0.29, 0.717) is 6.54 Å². The predicted molar refractivity (Wildman–Crippen MR) is 99.6 cm³/mol. The summed E-state index contributed by atoms with van der Waals surface area (Å²) in [5, 5.41) is 2.77. The highest BCUT2D eigenvalue weighted by atomic mass is 19.1. The van der Waals surface area contributed by atoms with Crippen molar-refractivity contribution in [3.05, 3.63) is 84.2 Å². The monoisotopic (exact) mass is 354 g/mol. The molecule has 0 aliphatic heterocycles. The standard InChI is InChI=1S/C21H23FN2O2/c1-3-14-23-21(26)20(17-8-6-5-7-9-17)24(19(25)4-2)15-16-10-12-18(22)13-11-16/h3,5-13,20H,1,4,14-15H2,2H3,(H,23,26)/t20-/m0/s1. The van der Waals surface area contributed by atoms with Crippen LogP contribution in [0.5, 0.6) is 0 Å². The first-order valence-corrected chi connectivity index (χ1v) is 8.54. The summed E-state index contributed by atoms with van der Waals surface area (Å²) in [5.74, 6) is -0.776. The number of nitrogens with zero attached hydrogens (tertiary/aromatic N) is 1. The quantitative estimate of drug-likeness (QED) is 0.736. The molecule has 2 aromatic carbocycles. The van der Waals surface area contributed by atoms with Crippen LogP contribution in [-0.4, -0.2) is 23.3 Å². The number of nitrogens with one attached hydrogen (secondary N) is 1. The van der Waals surface area contributed by atoms with Gasteiger partial charge >= 0.3 is 0 Å². The van der Waals surface area contributed by atoms with Crippen LogP contribution in [0.15, 0.2) is 67.3 Å². The molecule has 0 aliphatic rings. The van der Waals surface area contributed by atoms with Gasteiger partial charge in [0, 0.05) is 19.5 Å². The van der Waals surface area contributed by atoms with Gasteiger partial charge in [-0.15, -0.1) is 6.58 Å². The lowest BCUT2D eigenvalue weighted by Crippen LogP contribution is -2.43. The lowest BCUT2D eigenvalue weighted by Gasteiger charge is -2.31. The molecule has 0 radical (unpaired) electrons. The minimum atomic E-state index is -0.770. The topological polar surface area (TPSA) is 49.4 Å². The summed E-state index contributed by atoms with van der Waals surface area (Å²) in [4.78, 5) is 27.0. The van der Waals surface area contributed by atoms with Crippen LogP contribution < -0.4 is 5.32 Å². The fourth-order valence-electron chi connectivity index (χ4n) is 2.69. The van der Waals surface area contributed by atoms with Gasteiger partial charge in [-0.3, -0.25) is 9.59 Å². The third-order valence-corrected chi connectivity index (χ3v) is 3.98. The van der Waals surface area contributed by atoms with Gasteiger partial charge in [0.2, 0.25) is 11.8 Å². The zero-order valence-corrected chi connectivity index (χ0v) is 14.8. The van der Waals surface area contributed by atoms with Gasteiger partial charge in [-0.1, -0.05) is 55.5 Å². The molecule has 1 atom stereocenters. The van der Waals surface area contributed by atoms with Crippen molar-refractivity contribution in [3.8, 4) is 0 Å². The Bertz CT molecular complexity index is 744. The maximum atomic E-state index is 13.2. The molecule has 5 heteroatoms. The van der Waals surface area contributed by atoms with Crippen LogP contribution in [0.3, 0.4) is 0 Å². The fraction of sp³-hybridized carbons (Fsp3) is 0.238. The van der Waals surface area contributed by atoms with E-state index in [1.807, 2.05) is 30.3 Å². The first-order valence-electron chi connectivity index (χ1n) is 8.54. The second kappa shape index (κ2) is 9.51. The molecule has 0 aliphatic carbocycles. The first-order chi connectivity index (χ1) is 12.6. The van der Waals surface area contributed by atoms with E-state index in [9.17, 15) is 14.0 Å². The Morgan fingerprint density at radius 3 is 2.38 bits per heavy atom. The number of amides is 2. The third-order valence-electron chi connectivity index (χ3n) is 3.98. The van der Waals surface area contributed by atoms with Crippen molar-refractivity contribution < 1.29 is 14.0 Å².